The van der Waals surface area contributed by atoms with E-state index in [-0.39, 0.29) is 17.4 Å². The molecular weight excluding hydrogens is 377 g/mol. The van der Waals surface area contributed by atoms with Crippen LogP contribution in [0.15, 0.2) is 30.6 Å². The van der Waals surface area contributed by atoms with Gasteiger partial charge in [-0.1, -0.05) is 23.2 Å². The molecular formula is C17H17Cl2N5O2. The van der Waals surface area contributed by atoms with Gasteiger partial charge in [-0.25, -0.2) is 9.97 Å². The third-order valence-electron chi connectivity index (χ3n) is 4.25. The Balaban J connectivity index is 1.59. The number of piperidine rings is 1. The van der Waals surface area contributed by atoms with Gasteiger partial charge >= 0.3 is 0 Å². The molecule has 1 fully saturated rings. The smallest absolute Gasteiger partial charge is 0.250 e. The average molecular weight is 394 g/mol. The van der Waals surface area contributed by atoms with Gasteiger partial charge in [0.1, 0.15) is 11.6 Å². The second-order valence-electron chi connectivity index (χ2n) is 6.01. The average Bonchev–Trinajstić information content (AvgIpc) is 2.63. The maximum atomic E-state index is 12.4. The Morgan fingerprint density at radius 1 is 1.15 bits per heavy atom. The SMILES string of the molecule is NC(=O)c1cnc(N2CCC(C(=O)Nc3ccc(Cl)cn3)CC2)c(Cl)c1. The molecule has 2 aromatic rings. The fraction of sp³-hybridized carbons (Fsp3) is 0.294. The Bertz CT molecular complexity index is 820. The first kappa shape index (κ1) is 18.4. The highest BCUT2D eigenvalue weighted by molar-refractivity contribution is 6.33. The summed E-state index contributed by atoms with van der Waals surface area (Å²) < 4.78 is 0. The Morgan fingerprint density at radius 3 is 2.46 bits per heavy atom. The van der Waals surface area contributed by atoms with Crippen LogP contribution in [0.5, 0.6) is 0 Å². The normalized spacial score (nSPS) is 14.9. The summed E-state index contributed by atoms with van der Waals surface area (Å²) in [7, 11) is 0. The molecule has 136 valence electrons. The van der Waals surface area contributed by atoms with Gasteiger partial charge in [0, 0.05) is 31.4 Å². The van der Waals surface area contributed by atoms with Gasteiger partial charge in [-0.15, -0.1) is 0 Å². The van der Waals surface area contributed by atoms with Crippen molar-refractivity contribution in [3.63, 3.8) is 0 Å². The number of aromatic nitrogens is 2. The number of primary amides is 1. The highest BCUT2D eigenvalue weighted by Crippen LogP contribution is 2.28. The first-order chi connectivity index (χ1) is 12.4. The van der Waals surface area contributed by atoms with E-state index in [9.17, 15) is 9.59 Å². The zero-order valence-electron chi connectivity index (χ0n) is 13.8. The summed E-state index contributed by atoms with van der Waals surface area (Å²) >= 11 is 12.0. The van der Waals surface area contributed by atoms with Crippen molar-refractivity contribution in [1.82, 2.24) is 9.97 Å². The van der Waals surface area contributed by atoms with Gasteiger partial charge in [0.25, 0.3) is 0 Å². The number of carbonyl (C=O) groups is 2. The maximum absolute atomic E-state index is 12.4. The lowest BCUT2D eigenvalue weighted by Crippen LogP contribution is -2.38. The predicted molar refractivity (Wildman–Crippen MR) is 101 cm³/mol. The summed E-state index contributed by atoms with van der Waals surface area (Å²) in [4.78, 5) is 33.9. The van der Waals surface area contributed by atoms with Gasteiger partial charge in [-0.2, -0.15) is 0 Å². The van der Waals surface area contributed by atoms with Crippen molar-refractivity contribution in [3.05, 3.63) is 46.2 Å². The van der Waals surface area contributed by atoms with E-state index >= 15 is 0 Å². The van der Waals surface area contributed by atoms with Crippen molar-refractivity contribution in [2.24, 2.45) is 11.7 Å². The van der Waals surface area contributed by atoms with Crippen LogP contribution >= 0.6 is 23.2 Å². The van der Waals surface area contributed by atoms with Gasteiger partial charge < -0.3 is 16.0 Å². The molecule has 0 saturated carbocycles. The van der Waals surface area contributed by atoms with Crippen LogP contribution in [0.4, 0.5) is 11.6 Å². The molecule has 3 heterocycles. The van der Waals surface area contributed by atoms with Crippen molar-refractivity contribution >= 4 is 46.7 Å². The molecule has 0 atom stereocenters. The number of amides is 2. The third-order valence-corrected chi connectivity index (χ3v) is 4.75. The summed E-state index contributed by atoms with van der Waals surface area (Å²) in [5.41, 5.74) is 5.49. The largest absolute Gasteiger partial charge is 0.366 e. The van der Waals surface area contributed by atoms with E-state index in [0.29, 0.717) is 47.6 Å². The van der Waals surface area contributed by atoms with Crippen LogP contribution in [0.1, 0.15) is 23.2 Å². The molecule has 1 aliphatic rings. The lowest BCUT2D eigenvalue weighted by atomic mass is 9.96. The zero-order chi connectivity index (χ0) is 18.7. The lowest BCUT2D eigenvalue weighted by Gasteiger charge is -2.32. The van der Waals surface area contributed by atoms with Crippen molar-refractivity contribution < 1.29 is 9.59 Å². The molecule has 3 rings (SSSR count). The van der Waals surface area contributed by atoms with Crippen molar-refractivity contribution in [1.29, 1.82) is 0 Å². The fourth-order valence-corrected chi connectivity index (χ4v) is 3.23. The summed E-state index contributed by atoms with van der Waals surface area (Å²) in [6.07, 6.45) is 4.22. The minimum atomic E-state index is -0.572. The van der Waals surface area contributed by atoms with Crippen molar-refractivity contribution in [3.8, 4) is 0 Å². The number of nitrogens with two attached hydrogens (primary N) is 1. The minimum absolute atomic E-state index is 0.0670. The maximum Gasteiger partial charge on any atom is 0.250 e. The lowest BCUT2D eigenvalue weighted by molar-refractivity contribution is -0.120. The summed E-state index contributed by atoms with van der Waals surface area (Å²) in [6.45, 7) is 1.27. The molecule has 0 aromatic carbocycles. The van der Waals surface area contributed by atoms with Crippen LogP contribution in [-0.2, 0) is 4.79 Å². The van der Waals surface area contributed by atoms with E-state index in [1.54, 1.807) is 12.1 Å². The molecule has 7 nitrogen and oxygen atoms in total. The van der Waals surface area contributed by atoms with Gasteiger partial charge in [0.2, 0.25) is 11.8 Å². The van der Waals surface area contributed by atoms with E-state index < -0.39 is 5.91 Å². The van der Waals surface area contributed by atoms with E-state index in [4.69, 9.17) is 28.9 Å². The van der Waals surface area contributed by atoms with Crippen LogP contribution in [0.25, 0.3) is 0 Å². The van der Waals surface area contributed by atoms with E-state index in [1.807, 2.05) is 4.90 Å². The van der Waals surface area contributed by atoms with Crippen LogP contribution in [0.3, 0.4) is 0 Å². The number of nitrogens with zero attached hydrogens (tertiary/aromatic N) is 3. The van der Waals surface area contributed by atoms with Gasteiger partial charge in [-0.05, 0) is 31.0 Å². The molecule has 9 heteroatoms. The Labute approximate surface area is 160 Å². The van der Waals surface area contributed by atoms with Crippen LogP contribution < -0.4 is 16.0 Å². The number of rotatable bonds is 4. The molecule has 26 heavy (non-hydrogen) atoms. The Hall–Kier alpha value is -2.38. The van der Waals surface area contributed by atoms with Gasteiger partial charge in [-0.3, -0.25) is 9.59 Å². The number of anilines is 2. The molecule has 0 radical (unpaired) electrons. The third kappa shape index (κ3) is 4.23. The summed E-state index contributed by atoms with van der Waals surface area (Å²) in [5.74, 6) is 0.315. The number of carbonyl (C=O) groups excluding carboxylic acids is 2. The molecule has 0 unspecified atom stereocenters. The van der Waals surface area contributed by atoms with Gasteiger partial charge in [0.05, 0.1) is 15.6 Å². The number of nitrogens with one attached hydrogen (secondary N) is 1. The van der Waals surface area contributed by atoms with Gasteiger partial charge in [0.15, 0.2) is 0 Å². The summed E-state index contributed by atoms with van der Waals surface area (Å²) in [6, 6.07) is 4.85. The second kappa shape index (κ2) is 7.88. The highest BCUT2D eigenvalue weighted by Gasteiger charge is 2.27. The molecule has 0 bridgehead atoms. The molecule has 3 N–H and O–H groups in total. The highest BCUT2D eigenvalue weighted by atomic mass is 35.5. The fourth-order valence-electron chi connectivity index (χ4n) is 2.83. The molecule has 2 aromatic heterocycles. The first-order valence-electron chi connectivity index (χ1n) is 8.07. The van der Waals surface area contributed by atoms with Crippen LogP contribution in [0, 0.1) is 5.92 Å². The number of hydrogen-bond acceptors (Lipinski definition) is 5. The molecule has 1 saturated heterocycles. The zero-order valence-corrected chi connectivity index (χ0v) is 15.3. The Morgan fingerprint density at radius 2 is 1.88 bits per heavy atom. The van der Waals surface area contributed by atoms with E-state index in [2.05, 4.69) is 15.3 Å². The van der Waals surface area contributed by atoms with Crippen LogP contribution in [0.2, 0.25) is 10.0 Å². The topological polar surface area (TPSA) is 101 Å². The summed E-state index contributed by atoms with van der Waals surface area (Å²) in [5, 5.41) is 3.69. The standard InChI is InChI=1S/C17H17Cl2N5O2/c18-12-1-2-14(21-9-12)23-17(26)10-3-5-24(6-4-10)16-13(19)7-11(8-22-16)15(20)25/h1-2,7-10H,3-6H2,(H2,20,25)(H,21,23,26). The minimum Gasteiger partial charge on any atom is -0.366 e. The number of hydrogen-bond donors (Lipinski definition) is 2. The van der Waals surface area contributed by atoms with Crippen molar-refractivity contribution in [2.45, 2.75) is 12.8 Å². The Kier molecular flexibility index (Phi) is 5.58. The molecule has 0 spiro atoms. The second-order valence-corrected chi connectivity index (χ2v) is 6.85. The first-order valence-corrected chi connectivity index (χ1v) is 8.82. The quantitative estimate of drug-likeness (QED) is 0.831. The molecule has 0 aliphatic carbocycles. The number of halogens is 2. The monoisotopic (exact) mass is 393 g/mol. The molecule has 1 aliphatic heterocycles. The van der Waals surface area contributed by atoms with E-state index in [1.165, 1.54) is 18.5 Å². The van der Waals surface area contributed by atoms with Crippen LogP contribution in [-0.4, -0.2) is 34.9 Å². The van der Waals surface area contributed by atoms with E-state index in [0.717, 1.165) is 0 Å². The molecule has 2 amide bonds. The predicted octanol–water partition coefficient (Wildman–Crippen LogP) is 2.74. The van der Waals surface area contributed by atoms with Crippen molar-refractivity contribution in [2.75, 3.05) is 23.3 Å². The number of pyridine rings is 2.